The summed E-state index contributed by atoms with van der Waals surface area (Å²) >= 11 is 0. The van der Waals surface area contributed by atoms with E-state index in [9.17, 15) is 10.2 Å². The maximum absolute atomic E-state index is 9.36. The number of anilines is 1. The Morgan fingerprint density at radius 2 is 2.12 bits per heavy atom. The fourth-order valence-corrected chi connectivity index (χ4v) is 1.79. The van der Waals surface area contributed by atoms with Crippen molar-refractivity contribution in [3.8, 4) is 0 Å². The van der Waals surface area contributed by atoms with Crippen LogP contribution in [0.1, 0.15) is 31.5 Å². The van der Waals surface area contributed by atoms with Gasteiger partial charge >= 0.3 is 0 Å². The molecule has 0 radical (unpaired) electrons. The van der Waals surface area contributed by atoms with Crippen molar-refractivity contribution in [2.24, 2.45) is 0 Å². The number of hydrogen-bond acceptors (Lipinski definition) is 4. The average Bonchev–Trinajstić information content (AvgIpc) is 2.28. The van der Waals surface area contributed by atoms with Crippen LogP contribution < -0.4 is 4.90 Å². The number of likely N-dealkylation sites (N-methyl/N-ethyl adjacent to an activating group) is 1. The fraction of sp³-hybridized carbons (Fsp3) is 0.615. The Balaban J connectivity index is 2.93. The molecule has 0 saturated heterocycles. The van der Waals surface area contributed by atoms with E-state index < -0.39 is 6.10 Å². The number of aromatic nitrogens is 1. The Kier molecular flexibility index (Phi) is 5.38. The Morgan fingerprint density at radius 1 is 1.41 bits per heavy atom. The number of hydrogen-bond donors (Lipinski definition) is 2. The lowest BCUT2D eigenvalue weighted by molar-refractivity contribution is 0.201. The molecule has 4 nitrogen and oxygen atoms in total. The van der Waals surface area contributed by atoms with E-state index in [2.05, 4.69) is 11.9 Å². The van der Waals surface area contributed by atoms with Gasteiger partial charge in [-0.1, -0.05) is 13.3 Å². The molecule has 0 aromatic carbocycles. The van der Waals surface area contributed by atoms with Gasteiger partial charge in [0, 0.05) is 19.3 Å². The summed E-state index contributed by atoms with van der Waals surface area (Å²) in [6.45, 7) is 4.41. The van der Waals surface area contributed by atoms with Gasteiger partial charge in [-0.2, -0.15) is 0 Å². The normalized spacial score (nSPS) is 12.5. The van der Waals surface area contributed by atoms with Gasteiger partial charge < -0.3 is 15.1 Å². The van der Waals surface area contributed by atoms with E-state index in [0.29, 0.717) is 6.54 Å². The molecule has 0 amide bonds. The van der Waals surface area contributed by atoms with E-state index in [0.717, 1.165) is 29.9 Å². The molecule has 0 aliphatic rings. The van der Waals surface area contributed by atoms with Crippen LogP contribution in [0.25, 0.3) is 0 Å². The molecule has 1 aromatic rings. The minimum absolute atomic E-state index is 0.0226. The van der Waals surface area contributed by atoms with Crippen molar-refractivity contribution < 1.29 is 10.2 Å². The van der Waals surface area contributed by atoms with Gasteiger partial charge in [-0.25, -0.2) is 4.98 Å². The first-order chi connectivity index (χ1) is 8.06. The number of aliphatic hydroxyl groups is 2. The van der Waals surface area contributed by atoms with Crippen LogP contribution in [0.2, 0.25) is 0 Å². The molecule has 0 bridgehead atoms. The van der Waals surface area contributed by atoms with Crippen molar-refractivity contribution in [3.63, 3.8) is 0 Å². The third kappa shape index (κ3) is 4.32. The van der Waals surface area contributed by atoms with E-state index in [1.807, 2.05) is 24.1 Å². The standard InChI is InChI=1S/C13H22N2O2/c1-4-5-12-6-11(9-16)7-13(14-12)15(3)8-10(2)17/h6-7,10,16-17H,4-5,8-9H2,1-3H3. The maximum Gasteiger partial charge on any atom is 0.128 e. The predicted molar refractivity (Wildman–Crippen MR) is 69.1 cm³/mol. The van der Waals surface area contributed by atoms with Crippen LogP contribution in [-0.4, -0.2) is 34.9 Å². The first-order valence-corrected chi connectivity index (χ1v) is 6.06. The number of rotatable bonds is 6. The Morgan fingerprint density at radius 3 is 2.65 bits per heavy atom. The summed E-state index contributed by atoms with van der Waals surface area (Å²) in [5.74, 6) is 0.806. The average molecular weight is 238 g/mol. The summed E-state index contributed by atoms with van der Waals surface area (Å²) in [6.07, 6.45) is 1.54. The highest BCUT2D eigenvalue weighted by atomic mass is 16.3. The number of aliphatic hydroxyl groups excluding tert-OH is 2. The minimum Gasteiger partial charge on any atom is -0.392 e. The number of pyridine rings is 1. The SMILES string of the molecule is CCCc1cc(CO)cc(N(C)CC(C)O)n1. The zero-order valence-electron chi connectivity index (χ0n) is 10.8. The van der Waals surface area contributed by atoms with Crippen molar-refractivity contribution >= 4 is 5.82 Å². The minimum atomic E-state index is -0.394. The topological polar surface area (TPSA) is 56.6 Å². The van der Waals surface area contributed by atoms with Crippen LogP contribution in [0.5, 0.6) is 0 Å². The van der Waals surface area contributed by atoms with Gasteiger partial charge in [0.1, 0.15) is 5.82 Å². The molecule has 17 heavy (non-hydrogen) atoms. The number of aryl methyl sites for hydroxylation is 1. The second-order valence-corrected chi connectivity index (χ2v) is 4.46. The summed E-state index contributed by atoms with van der Waals surface area (Å²) in [6, 6.07) is 3.80. The monoisotopic (exact) mass is 238 g/mol. The lowest BCUT2D eigenvalue weighted by Crippen LogP contribution is -2.28. The van der Waals surface area contributed by atoms with Gasteiger partial charge in [-0.3, -0.25) is 0 Å². The molecule has 0 saturated carbocycles. The molecule has 0 spiro atoms. The van der Waals surface area contributed by atoms with Gasteiger partial charge in [0.05, 0.1) is 12.7 Å². The predicted octanol–water partition coefficient (Wildman–Crippen LogP) is 1.34. The van der Waals surface area contributed by atoms with Crippen LogP contribution in [0, 0.1) is 0 Å². The van der Waals surface area contributed by atoms with Crippen molar-refractivity contribution in [2.45, 2.75) is 39.4 Å². The van der Waals surface area contributed by atoms with Crippen LogP contribution in [0.4, 0.5) is 5.82 Å². The molecule has 1 heterocycles. The third-order valence-corrected chi connectivity index (χ3v) is 2.54. The second-order valence-electron chi connectivity index (χ2n) is 4.46. The van der Waals surface area contributed by atoms with Gasteiger partial charge in [-0.05, 0) is 31.0 Å². The smallest absolute Gasteiger partial charge is 0.128 e. The second kappa shape index (κ2) is 6.57. The van der Waals surface area contributed by atoms with Gasteiger partial charge in [-0.15, -0.1) is 0 Å². The van der Waals surface area contributed by atoms with Gasteiger partial charge in [0.2, 0.25) is 0 Å². The summed E-state index contributed by atoms with van der Waals surface area (Å²) in [5, 5.41) is 18.6. The zero-order valence-corrected chi connectivity index (χ0v) is 10.8. The Bertz CT molecular complexity index is 353. The first-order valence-electron chi connectivity index (χ1n) is 6.06. The lowest BCUT2D eigenvalue weighted by atomic mass is 10.1. The van der Waals surface area contributed by atoms with Gasteiger partial charge in [0.25, 0.3) is 0 Å². The van der Waals surface area contributed by atoms with E-state index >= 15 is 0 Å². The summed E-state index contributed by atoms with van der Waals surface area (Å²) in [5.41, 5.74) is 1.86. The van der Waals surface area contributed by atoms with Crippen molar-refractivity contribution in [1.82, 2.24) is 4.98 Å². The molecule has 0 fully saturated rings. The Labute approximate surface area is 103 Å². The van der Waals surface area contributed by atoms with Crippen molar-refractivity contribution in [2.75, 3.05) is 18.5 Å². The van der Waals surface area contributed by atoms with E-state index in [4.69, 9.17) is 0 Å². The quantitative estimate of drug-likeness (QED) is 0.785. The summed E-state index contributed by atoms with van der Waals surface area (Å²) < 4.78 is 0. The Hall–Kier alpha value is -1.13. The molecule has 96 valence electrons. The van der Waals surface area contributed by atoms with Crippen LogP contribution in [0.15, 0.2) is 12.1 Å². The fourth-order valence-electron chi connectivity index (χ4n) is 1.79. The van der Waals surface area contributed by atoms with E-state index in [-0.39, 0.29) is 6.61 Å². The molecule has 1 aromatic heterocycles. The van der Waals surface area contributed by atoms with Crippen LogP contribution in [0.3, 0.4) is 0 Å². The summed E-state index contributed by atoms with van der Waals surface area (Å²) in [7, 11) is 1.89. The molecule has 2 N–H and O–H groups in total. The highest BCUT2D eigenvalue weighted by molar-refractivity contribution is 5.42. The zero-order chi connectivity index (χ0) is 12.8. The molecular weight excluding hydrogens is 216 g/mol. The van der Waals surface area contributed by atoms with E-state index in [1.54, 1.807) is 6.92 Å². The highest BCUT2D eigenvalue weighted by Crippen LogP contribution is 2.15. The molecule has 4 heteroatoms. The van der Waals surface area contributed by atoms with Crippen LogP contribution >= 0.6 is 0 Å². The van der Waals surface area contributed by atoms with Gasteiger partial charge in [0.15, 0.2) is 0 Å². The van der Waals surface area contributed by atoms with E-state index in [1.165, 1.54) is 0 Å². The molecule has 0 aliphatic heterocycles. The summed E-state index contributed by atoms with van der Waals surface area (Å²) in [4.78, 5) is 6.43. The lowest BCUT2D eigenvalue weighted by Gasteiger charge is -2.21. The molecule has 1 rings (SSSR count). The largest absolute Gasteiger partial charge is 0.392 e. The molecule has 0 aliphatic carbocycles. The van der Waals surface area contributed by atoms with Crippen LogP contribution in [-0.2, 0) is 13.0 Å². The van der Waals surface area contributed by atoms with Crippen molar-refractivity contribution in [1.29, 1.82) is 0 Å². The third-order valence-electron chi connectivity index (χ3n) is 2.54. The highest BCUT2D eigenvalue weighted by Gasteiger charge is 2.08. The van der Waals surface area contributed by atoms with Crippen molar-refractivity contribution in [3.05, 3.63) is 23.4 Å². The maximum atomic E-state index is 9.36. The molecule has 1 atom stereocenters. The number of nitrogens with zero attached hydrogens (tertiary/aromatic N) is 2. The molecule has 1 unspecified atom stereocenters. The molecular formula is C13H22N2O2. The first kappa shape index (κ1) is 13.9.